The Labute approximate surface area is 162 Å². The fourth-order valence-electron chi connectivity index (χ4n) is 3.94. The average molecular weight is 382 g/mol. The molecule has 0 aliphatic heterocycles. The third-order valence-corrected chi connectivity index (χ3v) is 5.25. The monoisotopic (exact) mass is 382 g/mol. The number of alkyl halides is 2. The predicted octanol–water partition coefficient (Wildman–Crippen LogP) is 6.81. The number of halogens is 3. The van der Waals surface area contributed by atoms with Crippen LogP contribution < -0.4 is 4.74 Å². The molecule has 144 valence electrons. The molecule has 0 aromatic heterocycles. The summed E-state index contributed by atoms with van der Waals surface area (Å²) in [4.78, 5) is 0. The normalized spacial score (nSPS) is 12.6. The first kappa shape index (κ1) is 18.6. The molecule has 0 N–H and O–H groups in total. The van der Waals surface area contributed by atoms with Crippen molar-refractivity contribution in [3.63, 3.8) is 0 Å². The lowest BCUT2D eigenvalue weighted by Crippen LogP contribution is -2.06. The van der Waals surface area contributed by atoms with Crippen molar-refractivity contribution in [3.05, 3.63) is 77.1 Å². The van der Waals surface area contributed by atoms with E-state index in [9.17, 15) is 13.2 Å². The number of benzene rings is 3. The zero-order chi connectivity index (χ0) is 19.7. The van der Waals surface area contributed by atoms with Crippen LogP contribution in [0.2, 0.25) is 0 Å². The van der Waals surface area contributed by atoms with E-state index in [1.165, 1.54) is 23.3 Å². The van der Waals surface area contributed by atoms with Gasteiger partial charge in [-0.25, -0.2) is 4.39 Å². The fourth-order valence-corrected chi connectivity index (χ4v) is 3.94. The molecule has 0 atom stereocenters. The molecule has 28 heavy (non-hydrogen) atoms. The van der Waals surface area contributed by atoms with E-state index in [0.717, 1.165) is 42.4 Å². The number of hydrogen-bond acceptors (Lipinski definition) is 1. The van der Waals surface area contributed by atoms with E-state index in [1.807, 2.05) is 6.07 Å². The first-order valence-corrected chi connectivity index (χ1v) is 9.55. The van der Waals surface area contributed by atoms with Gasteiger partial charge in [-0.15, -0.1) is 0 Å². The molecule has 0 radical (unpaired) electrons. The van der Waals surface area contributed by atoms with Crippen LogP contribution in [0.1, 0.15) is 30.0 Å². The van der Waals surface area contributed by atoms with Crippen molar-refractivity contribution >= 4 is 0 Å². The van der Waals surface area contributed by atoms with Crippen molar-refractivity contribution in [3.8, 4) is 28.0 Å². The number of rotatable bonds is 5. The van der Waals surface area contributed by atoms with Gasteiger partial charge in [-0.1, -0.05) is 43.7 Å². The molecule has 1 nitrogen and oxygen atoms in total. The predicted molar refractivity (Wildman–Crippen MR) is 105 cm³/mol. The highest BCUT2D eigenvalue weighted by Gasteiger charge is 2.19. The van der Waals surface area contributed by atoms with E-state index in [-0.39, 0.29) is 11.6 Å². The van der Waals surface area contributed by atoms with Crippen molar-refractivity contribution in [1.82, 2.24) is 0 Å². The van der Waals surface area contributed by atoms with Gasteiger partial charge in [-0.05, 0) is 76.9 Å². The minimum atomic E-state index is -2.87. The van der Waals surface area contributed by atoms with Crippen molar-refractivity contribution in [1.29, 1.82) is 0 Å². The summed E-state index contributed by atoms with van der Waals surface area (Å²) in [6.45, 7) is -0.707. The van der Waals surface area contributed by atoms with Gasteiger partial charge in [-0.3, -0.25) is 0 Å². The Morgan fingerprint density at radius 3 is 2.25 bits per heavy atom. The lowest BCUT2D eigenvalue weighted by atomic mass is 9.83. The Balaban J connectivity index is 1.69. The van der Waals surface area contributed by atoms with Gasteiger partial charge in [0.2, 0.25) is 0 Å². The van der Waals surface area contributed by atoms with Crippen LogP contribution in [-0.4, -0.2) is 6.61 Å². The number of fused-ring (bicyclic) bond motifs is 3. The van der Waals surface area contributed by atoms with Crippen molar-refractivity contribution in [2.24, 2.45) is 0 Å². The maximum Gasteiger partial charge on any atom is 0.387 e. The van der Waals surface area contributed by atoms with E-state index in [2.05, 4.69) is 29.9 Å². The lowest BCUT2D eigenvalue weighted by Gasteiger charge is -2.22. The van der Waals surface area contributed by atoms with E-state index in [4.69, 9.17) is 0 Å². The topological polar surface area (TPSA) is 9.23 Å². The second-order valence-electron chi connectivity index (χ2n) is 7.13. The highest BCUT2D eigenvalue weighted by Crippen LogP contribution is 2.38. The molecule has 0 heterocycles. The summed E-state index contributed by atoms with van der Waals surface area (Å²) in [5.41, 5.74) is 6.89. The smallest absolute Gasteiger partial charge is 0.387 e. The largest absolute Gasteiger partial charge is 0.435 e. The summed E-state index contributed by atoms with van der Waals surface area (Å²) in [5.74, 6) is -0.249. The third kappa shape index (κ3) is 3.64. The average Bonchev–Trinajstić information content (AvgIpc) is 2.68. The van der Waals surface area contributed by atoms with Gasteiger partial charge in [0.25, 0.3) is 0 Å². The highest BCUT2D eigenvalue weighted by molar-refractivity contribution is 5.78. The van der Waals surface area contributed by atoms with Gasteiger partial charge in [0.05, 0.1) is 0 Å². The number of ether oxygens (including phenoxy) is 1. The van der Waals surface area contributed by atoms with Gasteiger partial charge < -0.3 is 4.74 Å². The summed E-state index contributed by atoms with van der Waals surface area (Å²) in [7, 11) is 0. The molecule has 0 spiro atoms. The molecule has 1 aliphatic carbocycles. The summed E-state index contributed by atoms with van der Waals surface area (Å²) < 4.78 is 43.9. The molecule has 1 aliphatic rings. The minimum Gasteiger partial charge on any atom is -0.435 e. The van der Waals surface area contributed by atoms with Gasteiger partial charge in [-0.2, -0.15) is 8.78 Å². The second-order valence-corrected chi connectivity index (χ2v) is 7.13. The maximum absolute atomic E-state index is 14.9. The molecule has 0 bridgehead atoms. The molecule has 4 heteroatoms. The Hall–Kier alpha value is -2.75. The number of hydrogen-bond donors (Lipinski definition) is 0. The zero-order valence-corrected chi connectivity index (χ0v) is 15.6. The van der Waals surface area contributed by atoms with Crippen LogP contribution >= 0.6 is 0 Å². The molecule has 3 aromatic carbocycles. The van der Waals surface area contributed by atoms with E-state index >= 15 is 0 Å². The molecule has 0 saturated heterocycles. The third-order valence-electron chi connectivity index (χ3n) is 5.25. The van der Waals surface area contributed by atoms with Crippen molar-refractivity contribution in [2.75, 3.05) is 0 Å². The summed E-state index contributed by atoms with van der Waals surface area (Å²) >= 11 is 0. The van der Waals surface area contributed by atoms with Crippen molar-refractivity contribution < 1.29 is 17.9 Å². The van der Waals surface area contributed by atoms with Gasteiger partial charge >= 0.3 is 6.61 Å². The first-order chi connectivity index (χ1) is 13.5. The number of aryl methyl sites for hydroxylation is 3. The van der Waals surface area contributed by atoms with Crippen molar-refractivity contribution in [2.45, 2.75) is 39.2 Å². The molecule has 0 unspecified atom stereocenters. The molecule has 3 aromatic rings. The molecule has 0 amide bonds. The Bertz CT molecular complexity index is 993. The molecular weight excluding hydrogens is 361 g/mol. The Morgan fingerprint density at radius 2 is 1.57 bits per heavy atom. The van der Waals surface area contributed by atoms with Crippen LogP contribution in [0.15, 0.2) is 54.6 Å². The quantitative estimate of drug-likeness (QED) is 0.471. The van der Waals surface area contributed by atoms with Gasteiger partial charge in [0.15, 0.2) is 0 Å². The molecule has 0 fully saturated rings. The summed E-state index contributed by atoms with van der Waals surface area (Å²) in [5, 5.41) is 0. The van der Waals surface area contributed by atoms with Crippen LogP contribution in [0.3, 0.4) is 0 Å². The molecule has 4 rings (SSSR count). The Kier molecular flexibility index (Phi) is 5.12. The summed E-state index contributed by atoms with van der Waals surface area (Å²) in [6, 6.07) is 16.1. The first-order valence-electron chi connectivity index (χ1n) is 9.55. The van der Waals surface area contributed by atoms with Crippen LogP contribution in [0.25, 0.3) is 22.3 Å². The van der Waals surface area contributed by atoms with Crippen LogP contribution in [-0.2, 0) is 19.3 Å². The molecule has 0 saturated carbocycles. The van der Waals surface area contributed by atoms with E-state index < -0.39 is 6.61 Å². The van der Waals surface area contributed by atoms with Crippen LogP contribution in [0.5, 0.6) is 5.75 Å². The highest BCUT2D eigenvalue weighted by atomic mass is 19.3. The standard InChI is InChI=1S/C24H21F3O/c1-2-3-15-4-11-20-17(12-15)5-6-18-13-22(23(25)14-21(18)20)16-7-9-19(10-8-16)28-24(26)27/h4,7-14,24H,2-3,5-6H2,1H3. The lowest BCUT2D eigenvalue weighted by molar-refractivity contribution is -0.0498. The van der Waals surface area contributed by atoms with Crippen LogP contribution in [0, 0.1) is 5.82 Å². The Morgan fingerprint density at radius 1 is 0.857 bits per heavy atom. The van der Waals surface area contributed by atoms with Gasteiger partial charge in [0, 0.05) is 5.56 Å². The van der Waals surface area contributed by atoms with E-state index in [1.54, 1.807) is 18.2 Å². The second kappa shape index (κ2) is 7.70. The fraction of sp³-hybridized carbons (Fsp3) is 0.250. The maximum atomic E-state index is 14.9. The van der Waals surface area contributed by atoms with Gasteiger partial charge in [0.1, 0.15) is 11.6 Å². The zero-order valence-electron chi connectivity index (χ0n) is 15.6. The summed E-state index contributed by atoms with van der Waals surface area (Å²) in [6.07, 6.45) is 3.96. The van der Waals surface area contributed by atoms with E-state index in [0.29, 0.717) is 11.1 Å². The van der Waals surface area contributed by atoms with Crippen LogP contribution in [0.4, 0.5) is 13.2 Å². The molecular formula is C24H21F3O. The SMILES string of the molecule is CCCc1ccc2c(c1)CCc1cc(-c3ccc(OC(F)F)cc3)c(F)cc1-2. The minimum absolute atomic E-state index is 0.0638.